The fraction of sp³-hybridized carbons (Fsp3) is 0.562. The molecule has 0 aliphatic carbocycles. The molecule has 1 aromatic carbocycles. The first kappa shape index (κ1) is 14.9. The first-order chi connectivity index (χ1) is 9.65. The summed E-state index contributed by atoms with van der Waals surface area (Å²) in [6.07, 6.45) is 2.85. The van der Waals surface area contributed by atoms with Gasteiger partial charge in [0.05, 0.1) is 11.8 Å². The third-order valence-corrected chi connectivity index (χ3v) is 3.46. The fourth-order valence-corrected chi connectivity index (χ4v) is 2.48. The molecule has 1 amide bonds. The summed E-state index contributed by atoms with van der Waals surface area (Å²) in [7, 11) is 0. The van der Waals surface area contributed by atoms with E-state index in [1.807, 2.05) is 38.1 Å². The van der Waals surface area contributed by atoms with Crippen molar-refractivity contribution < 1.29 is 9.53 Å². The van der Waals surface area contributed by atoms with Gasteiger partial charge in [-0.3, -0.25) is 4.79 Å². The Morgan fingerprint density at radius 3 is 2.75 bits per heavy atom. The van der Waals surface area contributed by atoms with Crippen LogP contribution in [0.4, 0.5) is 5.69 Å². The Morgan fingerprint density at radius 2 is 2.05 bits per heavy atom. The molecule has 0 radical (unpaired) electrons. The number of nitrogens with one attached hydrogen (secondary N) is 2. The van der Waals surface area contributed by atoms with E-state index in [2.05, 4.69) is 10.6 Å². The topological polar surface area (TPSA) is 50.4 Å². The van der Waals surface area contributed by atoms with Crippen LogP contribution in [0.2, 0.25) is 0 Å². The van der Waals surface area contributed by atoms with Crippen molar-refractivity contribution in [1.82, 2.24) is 5.32 Å². The van der Waals surface area contributed by atoms with E-state index in [-0.39, 0.29) is 12.0 Å². The second-order valence-electron chi connectivity index (χ2n) is 5.61. The van der Waals surface area contributed by atoms with E-state index < -0.39 is 0 Å². The summed E-state index contributed by atoms with van der Waals surface area (Å²) in [5, 5.41) is 6.30. The molecule has 1 heterocycles. The lowest BCUT2D eigenvalue weighted by atomic mass is 9.94. The Kier molecular flexibility index (Phi) is 5.41. The predicted octanol–water partition coefficient (Wildman–Crippen LogP) is 2.80. The number of hydrogen-bond acceptors (Lipinski definition) is 3. The maximum absolute atomic E-state index is 12.1. The molecule has 0 unspecified atom stereocenters. The van der Waals surface area contributed by atoms with Gasteiger partial charge in [0.15, 0.2) is 0 Å². The van der Waals surface area contributed by atoms with E-state index in [4.69, 9.17) is 4.74 Å². The van der Waals surface area contributed by atoms with Gasteiger partial charge in [-0.15, -0.1) is 0 Å². The van der Waals surface area contributed by atoms with Gasteiger partial charge in [0.1, 0.15) is 5.75 Å². The van der Waals surface area contributed by atoms with Crippen LogP contribution >= 0.6 is 0 Å². The minimum atomic E-state index is 0.0803. The molecule has 0 spiro atoms. The van der Waals surface area contributed by atoms with Crippen molar-refractivity contribution in [3.8, 4) is 5.75 Å². The number of carbonyl (C=O) groups is 1. The zero-order valence-electron chi connectivity index (χ0n) is 12.3. The van der Waals surface area contributed by atoms with E-state index in [0.29, 0.717) is 12.3 Å². The lowest BCUT2D eigenvalue weighted by Crippen LogP contribution is -2.30. The summed E-state index contributed by atoms with van der Waals surface area (Å²) in [5.41, 5.74) is 0.764. The van der Waals surface area contributed by atoms with Gasteiger partial charge in [0.25, 0.3) is 0 Å². The van der Waals surface area contributed by atoms with Crippen LogP contribution in [0.15, 0.2) is 24.3 Å². The minimum Gasteiger partial charge on any atom is -0.489 e. The second-order valence-corrected chi connectivity index (χ2v) is 5.61. The van der Waals surface area contributed by atoms with E-state index in [0.717, 1.165) is 37.4 Å². The molecular formula is C16H24N2O2. The van der Waals surface area contributed by atoms with E-state index >= 15 is 0 Å². The molecule has 0 atom stereocenters. The highest BCUT2D eigenvalue weighted by molar-refractivity contribution is 5.92. The number of rotatable bonds is 5. The van der Waals surface area contributed by atoms with Crippen molar-refractivity contribution in [1.29, 1.82) is 0 Å². The monoisotopic (exact) mass is 276 g/mol. The molecule has 1 saturated heterocycles. The Hall–Kier alpha value is -1.55. The van der Waals surface area contributed by atoms with Gasteiger partial charge in [-0.1, -0.05) is 12.1 Å². The molecule has 2 N–H and O–H groups in total. The van der Waals surface area contributed by atoms with Crippen LogP contribution in [-0.2, 0) is 4.79 Å². The summed E-state index contributed by atoms with van der Waals surface area (Å²) in [6.45, 7) is 6.00. The number of para-hydroxylation sites is 2. The summed E-state index contributed by atoms with van der Waals surface area (Å²) in [5.74, 6) is 1.31. The number of benzene rings is 1. The molecule has 20 heavy (non-hydrogen) atoms. The molecular weight excluding hydrogens is 252 g/mol. The average Bonchev–Trinajstić information content (AvgIpc) is 2.41. The quantitative estimate of drug-likeness (QED) is 0.869. The normalized spacial score (nSPS) is 16.1. The summed E-state index contributed by atoms with van der Waals surface area (Å²) >= 11 is 0. The molecule has 4 heteroatoms. The number of ether oxygens (including phenoxy) is 1. The van der Waals surface area contributed by atoms with Crippen molar-refractivity contribution >= 4 is 11.6 Å². The number of hydrogen-bond donors (Lipinski definition) is 2. The Balaban J connectivity index is 1.93. The first-order valence-electron chi connectivity index (χ1n) is 7.41. The molecule has 4 nitrogen and oxygen atoms in total. The molecule has 1 aliphatic rings. The molecule has 0 aromatic heterocycles. The SMILES string of the molecule is CC(C)Oc1ccccc1NC(=O)CC1CCNCC1. The lowest BCUT2D eigenvalue weighted by Gasteiger charge is -2.22. The standard InChI is InChI=1S/C16H24N2O2/c1-12(2)20-15-6-4-3-5-14(15)18-16(19)11-13-7-9-17-10-8-13/h3-6,12-13,17H,7-11H2,1-2H3,(H,18,19). The van der Waals surface area contributed by atoms with Crippen molar-refractivity contribution in [2.45, 2.75) is 39.2 Å². The third kappa shape index (κ3) is 4.53. The van der Waals surface area contributed by atoms with Crippen LogP contribution in [0.5, 0.6) is 5.75 Å². The van der Waals surface area contributed by atoms with Crippen molar-refractivity contribution in [2.75, 3.05) is 18.4 Å². The number of piperidine rings is 1. The van der Waals surface area contributed by atoms with Crippen molar-refractivity contribution in [3.63, 3.8) is 0 Å². The zero-order chi connectivity index (χ0) is 14.4. The van der Waals surface area contributed by atoms with Crippen LogP contribution in [0.25, 0.3) is 0 Å². The van der Waals surface area contributed by atoms with Gasteiger partial charge in [0, 0.05) is 6.42 Å². The van der Waals surface area contributed by atoms with Gasteiger partial charge in [-0.05, 0) is 57.8 Å². The van der Waals surface area contributed by atoms with Crippen LogP contribution in [-0.4, -0.2) is 25.1 Å². The van der Waals surface area contributed by atoms with Gasteiger partial charge < -0.3 is 15.4 Å². The van der Waals surface area contributed by atoms with E-state index in [9.17, 15) is 4.79 Å². The maximum Gasteiger partial charge on any atom is 0.224 e. The van der Waals surface area contributed by atoms with Crippen LogP contribution < -0.4 is 15.4 Å². The molecule has 110 valence electrons. The van der Waals surface area contributed by atoms with Crippen LogP contribution in [0, 0.1) is 5.92 Å². The Morgan fingerprint density at radius 1 is 1.35 bits per heavy atom. The van der Waals surface area contributed by atoms with Crippen molar-refractivity contribution in [2.24, 2.45) is 5.92 Å². The lowest BCUT2D eigenvalue weighted by molar-refractivity contribution is -0.117. The van der Waals surface area contributed by atoms with E-state index in [1.165, 1.54) is 0 Å². The first-order valence-corrected chi connectivity index (χ1v) is 7.41. The smallest absolute Gasteiger partial charge is 0.224 e. The second kappa shape index (κ2) is 7.29. The highest BCUT2D eigenvalue weighted by atomic mass is 16.5. The molecule has 1 aromatic rings. The molecule has 1 aliphatic heterocycles. The third-order valence-electron chi connectivity index (χ3n) is 3.46. The maximum atomic E-state index is 12.1. The number of anilines is 1. The average molecular weight is 276 g/mol. The van der Waals surface area contributed by atoms with Gasteiger partial charge in [0.2, 0.25) is 5.91 Å². The predicted molar refractivity (Wildman–Crippen MR) is 81.0 cm³/mol. The largest absolute Gasteiger partial charge is 0.489 e. The minimum absolute atomic E-state index is 0.0803. The zero-order valence-corrected chi connectivity index (χ0v) is 12.3. The molecule has 0 saturated carbocycles. The summed E-state index contributed by atoms with van der Waals surface area (Å²) in [4.78, 5) is 12.1. The molecule has 2 rings (SSSR count). The highest BCUT2D eigenvalue weighted by Crippen LogP contribution is 2.26. The number of carbonyl (C=O) groups excluding carboxylic acids is 1. The Bertz CT molecular complexity index is 440. The molecule has 1 fully saturated rings. The van der Waals surface area contributed by atoms with E-state index in [1.54, 1.807) is 0 Å². The van der Waals surface area contributed by atoms with Crippen LogP contribution in [0.1, 0.15) is 33.1 Å². The summed E-state index contributed by atoms with van der Waals surface area (Å²) in [6, 6.07) is 7.60. The summed E-state index contributed by atoms with van der Waals surface area (Å²) < 4.78 is 5.71. The van der Waals surface area contributed by atoms with Crippen LogP contribution in [0.3, 0.4) is 0 Å². The highest BCUT2D eigenvalue weighted by Gasteiger charge is 2.17. The van der Waals surface area contributed by atoms with Crippen molar-refractivity contribution in [3.05, 3.63) is 24.3 Å². The molecule has 0 bridgehead atoms. The number of amides is 1. The Labute approximate surface area is 120 Å². The van der Waals surface area contributed by atoms with Gasteiger partial charge >= 0.3 is 0 Å². The fourth-order valence-electron chi connectivity index (χ4n) is 2.48. The van der Waals surface area contributed by atoms with Gasteiger partial charge in [-0.2, -0.15) is 0 Å². The van der Waals surface area contributed by atoms with Gasteiger partial charge in [-0.25, -0.2) is 0 Å².